The van der Waals surface area contributed by atoms with Crippen molar-refractivity contribution in [2.45, 2.75) is 65.7 Å². The SMILES string of the molecule is CCOC(=O)C(=O)C(CCCC(=O)OC)C(=O)OC.CCOC(=O)C(=O)OCC.COC(=O)CCCCC(=O)OC. The van der Waals surface area contributed by atoms with Crippen molar-refractivity contribution >= 4 is 47.6 Å². The average Bonchev–Trinajstić information content (AvgIpc) is 2.97. The Labute approximate surface area is 239 Å². The fraction of sp³-hybridized carbons (Fsp3) is 0.692. The van der Waals surface area contributed by atoms with Gasteiger partial charge in [-0.3, -0.25) is 24.0 Å². The Balaban J connectivity index is -0.000000565. The summed E-state index contributed by atoms with van der Waals surface area (Å²) in [6.45, 7) is 5.22. The van der Waals surface area contributed by atoms with E-state index in [2.05, 4.69) is 33.2 Å². The highest BCUT2D eigenvalue weighted by Crippen LogP contribution is 2.13. The molecule has 0 fully saturated rings. The van der Waals surface area contributed by atoms with E-state index in [0.717, 1.165) is 7.11 Å². The third kappa shape index (κ3) is 23.6. The zero-order chi connectivity index (χ0) is 32.2. The normalized spacial score (nSPS) is 10.0. The highest BCUT2D eigenvalue weighted by molar-refractivity contribution is 6.37. The summed E-state index contributed by atoms with van der Waals surface area (Å²) < 4.78 is 31.0. The minimum absolute atomic E-state index is 0.0272. The average molecular weight is 595 g/mol. The summed E-state index contributed by atoms with van der Waals surface area (Å²) in [5.74, 6) is -6.87. The Morgan fingerprint density at radius 1 is 0.488 bits per heavy atom. The molecule has 0 bridgehead atoms. The Bertz CT molecular complexity index is 801. The highest BCUT2D eigenvalue weighted by Gasteiger charge is 2.33. The lowest BCUT2D eigenvalue weighted by atomic mass is 9.97. The smallest absolute Gasteiger partial charge is 0.417 e. The minimum Gasteiger partial charge on any atom is -0.469 e. The van der Waals surface area contributed by atoms with Gasteiger partial charge in [0.15, 0.2) is 0 Å². The Kier molecular flexibility index (Phi) is 27.8. The summed E-state index contributed by atoms with van der Waals surface area (Å²) in [4.78, 5) is 87.4. The summed E-state index contributed by atoms with van der Waals surface area (Å²) >= 11 is 0. The molecule has 0 aromatic heterocycles. The number of hydrogen-bond acceptors (Lipinski definition) is 15. The van der Waals surface area contributed by atoms with Crippen molar-refractivity contribution < 1.29 is 71.5 Å². The second kappa shape index (κ2) is 27.5. The molecule has 15 nitrogen and oxygen atoms in total. The van der Waals surface area contributed by atoms with Crippen LogP contribution in [-0.2, 0) is 71.5 Å². The first-order valence-corrected chi connectivity index (χ1v) is 12.7. The van der Waals surface area contributed by atoms with E-state index in [9.17, 15) is 38.4 Å². The van der Waals surface area contributed by atoms with Crippen LogP contribution in [0.1, 0.15) is 65.7 Å². The Morgan fingerprint density at radius 2 is 0.829 bits per heavy atom. The molecule has 0 N–H and O–H groups in total. The van der Waals surface area contributed by atoms with Crippen LogP contribution in [0.5, 0.6) is 0 Å². The molecule has 0 heterocycles. The molecule has 15 heteroatoms. The molecule has 236 valence electrons. The van der Waals surface area contributed by atoms with E-state index in [1.54, 1.807) is 20.8 Å². The molecule has 0 saturated carbocycles. The summed E-state index contributed by atoms with van der Waals surface area (Å²) in [6, 6.07) is 0. The molecular weight excluding hydrogens is 552 g/mol. The molecule has 0 spiro atoms. The maximum absolute atomic E-state index is 11.7. The van der Waals surface area contributed by atoms with Crippen molar-refractivity contribution in [3.8, 4) is 0 Å². The van der Waals surface area contributed by atoms with Gasteiger partial charge in [0, 0.05) is 19.3 Å². The van der Waals surface area contributed by atoms with Gasteiger partial charge in [0.1, 0.15) is 5.92 Å². The molecule has 0 aliphatic carbocycles. The minimum atomic E-state index is -1.24. The van der Waals surface area contributed by atoms with Gasteiger partial charge in [0.05, 0.1) is 48.3 Å². The first-order chi connectivity index (χ1) is 19.4. The zero-order valence-corrected chi connectivity index (χ0v) is 24.8. The van der Waals surface area contributed by atoms with Gasteiger partial charge in [-0.1, -0.05) is 0 Å². The second-order valence-corrected chi connectivity index (χ2v) is 7.43. The summed E-state index contributed by atoms with van der Waals surface area (Å²) in [5, 5.41) is 0. The number of Topliss-reactive ketones (excluding diaryl/α,β-unsaturated/α-hetero) is 1. The number of hydrogen-bond donors (Lipinski definition) is 0. The molecule has 0 radical (unpaired) electrons. The van der Waals surface area contributed by atoms with Gasteiger partial charge >= 0.3 is 41.8 Å². The topological polar surface area (TPSA) is 201 Å². The van der Waals surface area contributed by atoms with Crippen LogP contribution < -0.4 is 0 Å². The van der Waals surface area contributed by atoms with Crippen LogP contribution >= 0.6 is 0 Å². The van der Waals surface area contributed by atoms with Crippen LogP contribution in [0.3, 0.4) is 0 Å². The molecule has 0 aromatic rings. The number of ketones is 1. The van der Waals surface area contributed by atoms with Gasteiger partial charge in [-0.15, -0.1) is 0 Å². The van der Waals surface area contributed by atoms with Crippen molar-refractivity contribution in [1.82, 2.24) is 0 Å². The fourth-order valence-electron chi connectivity index (χ4n) is 2.52. The highest BCUT2D eigenvalue weighted by atomic mass is 16.6. The second-order valence-electron chi connectivity index (χ2n) is 7.43. The lowest BCUT2D eigenvalue weighted by molar-refractivity contribution is -0.167. The van der Waals surface area contributed by atoms with E-state index < -0.39 is 41.5 Å². The first-order valence-electron chi connectivity index (χ1n) is 12.7. The first kappa shape index (κ1) is 41.4. The number of unbranched alkanes of at least 4 members (excludes halogenated alkanes) is 1. The van der Waals surface area contributed by atoms with E-state index in [0.29, 0.717) is 25.7 Å². The third-order valence-corrected chi connectivity index (χ3v) is 4.56. The van der Waals surface area contributed by atoms with E-state index >= 15 is 0 Å². The van der Waals surface area contributed by atoms with Gasteiger partial charge in [-0.2, -0.15) is 0 Å². The molecule has 0 rings (SSSR count). The van der Waals surface area contributed by atoms with Crippen molar-refractivity contribution in [3.63, 3.8) is 0 Å². The lowest BCUT2D eigenvalue weighted by Crippen LogP contribution is -2.32. The molecule has 1 atom stereocenters. The largest absolute Gasteiger partial charge is 0.469 e. The van der Waals surface area contributed by atoms with Crippen LogP contribution in [0.2, 0.25) is 0 Å². The summed E-state index contributed by atoms with van der Waals surface area (Å²) in [5.41, 5.74) is 0. The Morgan fingerprint density at radius 3 is 1.15 bits per heavy atom. The van der Waals surface area contributed by atoms with Crippen molar-refractivity contribution in [1.29, 1.82) is 0 Å². The number of esters is 7. The molecule has 41 heavy (non-hydrogen) atoms. The number of rotatable bonds is 15. The molecule has 0 aliphatic rings. The van der Waals surface area contributed by atoms with Gasteiger partial charge in [-0.05, 0) is 46.5 Å². The van der Waals surface area contributed by atoms with Crippen LogP contribution in [0, 0.1) is 5.92 Å². The number of carbonyl (C=O) groups excluding carboxylic acids is 8. The standard InChI is InChI=1S/C12H18O7.C8H14O4.C6H10O4/c1-4-19-12(16)10(14)8(11(15)18-3)6-5-7-9(13)17-2;1-11-7(9)5-3-4-6-8(10)12-2;1-3-9-5(7)6(8)10-4-2/h8H,4-7H2,1-3H3;3-6H2,1-2H3;3-4H2,1-2H3. The predicted molar refractivity (Wildman–Crippen MR) is 139 cm³/mol. The monoisotopic (exact) mass is 594 g/mol. The van der Waals surface area contributed by atoms with Gasteiger partial charge in [0.2, 0.25) is 0 Å². The quantitative estimate of drug-likeness (QED) is 0.0861. The van der Waals surface area contributed by atoms with Crippen LogP contribution in [0.15, 0.2) is 0 Å². The third-order valence-electron chi connectivity index (χ3n) is 4.56. The summed E-state index contributed by atoms with van der Waals surface area (Å²) in [7, 11) is 5.06. The van der Waals surface area contributed by atoms with Crippen LogP contribution in [0.25, 0.3) is 0 Å². The predicted octanol–water partition coefficient (Wildman–Crippen LogP) is 1.26. The van der Waals surface area contributed by atoms with Gasteiger partial charge in [-0.25, -0.2) is 14.4 Å². The van der Waals surface area contributed by atoms with Crippen molar-refractivity contribution in [3.05, 3.63) is 0 Å². The molecule has 0 saturated heterocycles. The molecule has 0 aliphatic heterocycles. The van der Waals surface area contributed by atoms with Crippen LogP contribution in [-0.4, -0.2) is 95.8 Å². The van der Waals surface area contributed by atoms with E-state index in [1.807, 2.05) is 0 Å². The van der Waals surface area contributed by atoms with E-state index in [-0.39, 0.29) is 51.0 Å². The van der Waals surface area contributed by atoms with Crippen molar-refractivity contribution in [2.24, 2.45) is 5.92 Å². The number of ether oxygens (including phenoxy) is 7. The number of carbonyl (C=O) groups is 8. The Hall–Kier alpha value is -4.04. The van der Waals surface area contributed by atoms with Crippen LogP contribution in [0.4, 0.5) is 0 Å². The van der Waals surface area contributed by atoms with E-state index in [4.69, 9.17) is 0 Å². The molecular formula is C26H42O15. The fourth-order valence-corrected chi connectivity index (χ4v) is 2.52. The zero-order valence-electron chi connectivity index (χ0n) is 24.8. The lowest BCUT2D eigenvalue weighted by Gasteiger charge is -2.12. The number of methoxy groups -OCH3 is 4. The maximum atomic E-state index is 11.7. The van der Waals surface area contributed by atoms with E-state index in [1.165, 1.54) is 21.3 Å². The maximum Gasteiger partial charge on any atom is 0.417 e. The molecule has 0 amide bonds. The van der Waals surface area contributed by atoms with Gasteiger partial charge < -0.3 is 33.2 Å². The van der Waals surface area contributed by atoms with Gasteiger partial charge in [0.25, 0.3) is 5.78 Å². The summed E-state index contributed by atoms with van der Waals surface area (Å²) in [6.07, 6.45) is 2.39. The molecule has 0 aromatic carbocycles. The van der Waals surface area contributed by atoms with Crippen molar-refractivity contribution in [2.75, 3.05) is 48.3 Å². The molecule has 1 unspecified atom stereocenters.